The zero-order valence-corrected chi connectivity index (χ0v) is 39.5. The lowest BCUT2D eigenvalue weighted by atomic mass is 10.1. The lowest BCUT2D eigenvalue weighted by molar-refractivity contribution is -0.163. The van der Waals surface area contributed by atoms with Crippen LogP contribution in [0.3, 0.4) is 0 Å². The third kappa shape index (κ3) is 47.8. The molecule has 0 saturated carbocycles. The summed E-state index contributed by atoms with van der Waals surface area (Å²) in [6.45, 7) is 7.60. The van der Waals surface area contributed by atoms with Gasteiger partial charge in [0.2, 0.25) is 0 Å². The summed E-state index contributed by atoms with van der Waals surface area (Å²) >= 11 is 0. The average Bonchev–Trinajstić information content (AvgIpc) is 3.25. The summed E-state index contributed by atoms with van der Waals surface area (Å²) in [5.41, 5.74) is 0. The highest BCUT2D eigenvalue weighted by molar-refractivity contribution is 5.70. The van der Waals surface area contributed by atoms with Gasteiger partial charge in [-0.25, -0.2) is 0 Å². The van der Waals surface area contributed by atoms with Crippen molar-refractivity contribution in [3.8, 4) is 0 Å². The van der Waals surface area contributed by atoms with Gasteiger partial charge in [-0.2, -0.15) is 0 Å². The Morgan fingerprint density at radius 1 is 0.383 bits per heavy atom. The van der Waals surface area contributed by atoms with Crippen LogP contribution in [0.15, 0.2) is 85.1 Å². The molecule has 0 fully saturated rings. The fourth-order valence-electron chi connectivity index (χ4n) is 6.68. The van der Waals surface area contributed by atoms with Gasteiger partial charge in [0.15, 0.2) is 6.10 Å². The summed E-state index contributed by atoms with van der Waals surface area (Å²) in [7, 11) is 0. The van der Waals surface area contributed by atoms with Crippen molar-refractivity contribution in [2.45, 2.75) is 232 Å². The molecule has 0 spiro atoms. The zero-order chi connectivity index (χ0) is 43.5. The second-order valence-electron chi connectivity index (χ2n) is 16.3. The number of hydrogen-bond donors (Lipinski definition) is 0. The highest BCUT2D eigenvalue weighted by Crippen LogP contribution is 2.13. The first-order valence-electron chi connectivity index (χ1n) is 25.1. The molecule has 0 radical (unpaired) electrons. The number of carbonyl (C=O) groups is 2. The van der Waals surface area contributed by atoms with Gasteiger partial charge in [-0.15, -0.1) is 0 Å². The smallest absolute Gasteiger partial charge is 0.306 e. The Balaban J connectivity index is 4.28. The second kappa shape index (κ2) is 50.4. The molecule has 0 rings (SSSR count). The Morgan fingerprint density at radius 2 is 0.750 bits per heavy atom. The molecule has 1 atom stereocenters. The molecule has 5 heteroatoms. The van der Waals surface area contributed by atoms with Crippen molar-refractivity contribution < 1.29 is 23.8 Å². The van der Waals surface area contributed by atoms with E-state index in [1.807, 2.05) is 0 Å². The third-order valence-electron chi connectivity index (χ3n) is 10.4. The van der Waals surface area contributed by atoms with Gasteiger partial charge in [0.05, 0.1) is 6.61 Å². The van der Waals surface area contributed by atoms with Crippen LogP contribution in [0.25, 0.3) is 0 Å². The van der Waals surface area contributed by atoms with Crippen LogP contribution < -0.4 is 0 Å². The summed E-state index contributed by atoms with van der Waals surface area (Å²) in [5, 5.41) is 0. The Kier molecular flexibility index (Phi) is 48.0. The summed E-state index contributed by atoms with van der Waals surface area (Å²) in [5.74, 6) is -0.431. The Labute approximate surface area is 371 Å². The molecule has 0 aliphatic heterocycles. The van der Waals surface area contributed by atoms with Gasteiger partial charge in [-0.3, -0.25) is 9.59 Å². The SMILES string of the molecule is CC/C=C\C/C=C\C/C=C\C/C=C\C/C=C\CCCCCCOCC(COC(=O)CCCCCCC/C=C\C/C=C\CCCCC)OC(=O)CCCCCCCCCCC. The van der Waals surface area contributed by atoms with Gasteiger partial charge in [0, 0.05) is 19.4 Å². The van der Waals surface area contributed by atoms with Crippen LogP contribution in [0.2, 0.25) is 0 Å². The van der Waals surface area contributed by atoms with Gasteiger partial charge >= 0.3 is 11.9 Å². The van der Waals surface area contributed by atoms with Gasteiger partial charge in [-0.1, -0.05) is 202 Å². The van der Waals surface area contributed by atoms with Crippen LogP contribution in [0.1, 0.15) is 226 Å². The summed E-state index contributed by atoms with van der Waals surface area (Å²) in [6, 6.07) is 0. The molecular formula is C55H94O5. The molecule has 0 aliphatic rings. The highest BCUT2D eigenvalue weighted by Gasteiger charge is 2.17. The lowest BCUT2D eigenvalue weighted by Crippen LogP contribution is -2.30. The lowest BCUT2D eigenvalue weighted by Gasteiger charge is -2.18. The quantitative estimate of drug-likeness (QED) is 0.0347. The number of carbonyl (C=O) groups excluding carboxylic acids is 2. The maximum Gasteiger partial charge on any atom is 0.306 e. The van der Waals surface area contributed by atoms with Crippen molar-refractivity contribution in [3.05, 3.63) is 85.1 Å². The first-order chi connectivity index (χ1) is 29.6. The van der Waals surface area contributed by atoms with E-state index in [4.69, 9.17) is 14.2 Å². The van der Waals surface area contributed by atoms with Crippen LogP contribution in [0, 0.1) is 0 Å². The number of unbranched alkanes of at least 4 members (excludes halogenated alkanes) is 20. The number of hydrogen-bond acceptors (Lipinski definition) is 5. The molecule has 0 saturated heterocycles. The number of rotatable bonds is 45. The molecule has 0 N–H and O–H groups in total. The van der Waals surface area contributed by atoms with E-state index in [0.717, 1.165) is 96.3 Å². The van der Waals surface area contributed by atoms with E-state index in [9.17, 15) is 9.59 Å². The minimum Gasteiger partial charge on any atom is -0.462 e. The number of ether oxygens (including phenoxy) is 3. The highest BCUT2D eigenvalue weighted by atomic mass is 16.6. The Morgan fingerprint density at radius 3 is 1.23 bits per heavy atom. The van der Waals surface area contributed by atoms with Crippen molar-refractivity contribution in [3.63, 3.8) is 0 Å². The van der Waals surface area contributed by atoms with Crippen LogP contribution in [-0.4, -0.2) is 37.9 Å². The minimum absolute atomic E-state index is 0.0653. The van der Waals surface area contributed by atoms with E-state index < -0.39 is 6.10 Å². The van der Waals surface area contributed by atoms with Crippen molar-refractivity contribution in [1.82, 2.24) is 0 Å². The molecule has 0 amide bonds. The fourth-order valence-corrected chi connectivity index (χ4v) is 6.68. The van der Waals surface area contributed by atoms with Gasteiger partial charge in [0.1, 0.15) is 6.61 Å². The first kappa shape index (κ1) is 57.1. The molecule has 5 nitrogen and oxygen atoms in total. The van der Waals surface area contributed by atoms with E-state index in [0.29, 0.717) is 19.4 Å². The number of esters is 2. The summed E-state index contributed by atoms with van der Waals surface area (Å²) < 4.78 is 17.3. The standard InChI is InChI=1S/C55H94O5/c1-4-7-10-13-16-19-21-23-25-26-27-28-29-31-33-35-38-41-44-47-50-58-51-53(60-55(57)49-46-43-40-36-18-15-12-9-6-3)52-59-54(56)48-45-42-39-37-34-32-30-24-22-20-17-14-11-8-5-2/h7,10,16-17,19-20,23-25,27-28,30-31,33,53H,4-6,8-9,11-15,18,21-22,26,29,32,34-52H2,1-3H3/b10-7-,19-16-,20-17-,25-23-,28-27-,30-24-,33-31-. The molecular weight excluding hydrogens is 741 g/mol. The van der Waals surface area contributed by atoms with Gasteiger partial charge in [0.25, 0.3) is 0 Å². The van der Waals surface area contributed by atoms with Crippen LogP contribution in [0.4, 0.5) is 0 Å². The van der Waals surface area contributed by atoms with E-state index in [1.165, 1.54) is 96.3 Å². The minimum atomic E-state index is -0.556. The van der Waals surface area contributed by atoms with Crippen molar-refractivity contribution in [1.29, 1.82) is 0 Å². The molecule has 60 heavy (non-hydrogen) atoms. The van der Waals surface area contributed by atoms with Gasteiger partial charge < -0.3 is 14.2 Å². The second-order valence-corrected chi connectivity index (χ2v) is 16.3. The van der Waals surface area contributed by atoms with Crippen LogP contribution in [-0.2, 0) is 23.8 Å². The van der Waals surface area contributed by atoms with Gasteiger partial charge in [-0.05, 0) is 96.3 Å². The third-order valence-corrected chi connectivity index (χ3v) is 10.4. The maximum absolute atomic E-state index is 12.7. The van der Waals surface area contributed by atoms with Crippen molar-refractivity contribution in [2.24, 2.45) is 0 Å². The molecule has 0 heterocycles. The molecule has 1 unspecified atom stereocenters. The summed E-state index contributed by atoms with van der Waals surface area (Å²) in [4.78, 5) is 25.3. The number of allylic oxidation sites excluding steroid dienone is 14. The van der Waals surface area contributed by atoms with Crippen LogP contribution in [0.5, 0.6) is 0 Å². The predicted molar refractivity (Wildman–Crippen MR) is 260 cm³/mol. The molecule has 344 valence electrons. The van der Waals surface area contributed by atoms with E-state index >= 15 is 0 Å². The predicted octanol–water partition coefficient (Wildman–Crippen LogP) is 16.9. The van der Waals surface area contributed by atoms with E-state index in [2.05, 4.69) is 106 Å². The van der Waals surface area contributed by atoms with E-state index in [-0.39, 0.29) is 25.2 Å². The van der Waals surface area contributed by atoms with Crippen molar-refractivity contribution in [2.75, 3.05) is 19.8 Å². The van der Waals surface area contributed by atoms with E-state index in [1.54, 1.807) is 0 Å². The molecule has 0 bridgehead atoms. The molecule has 0 aromatic rings. The monoisotopic (exact) mass is 835 g/mol. The van der Waals surface area contributed by atoms with Crippen LogP contribution >= 0.6 is 0 Å². The fraction of sp³-hybridized carbons (Fsp3) is 0.709. The Hall–Kier alpha value is -2.92. The zero-order valence-electron chi connectivity index (χ0n) is 39.5. The Bertz CT molecular complexity index is 1130. The molecule has 0 aliphatic carbocycles. The average molecular weight is 835 g/mol. The first-order valence-corrected chi connectivity index (χ1v) is 25.1. The summed E-state index contributed by atoms with van der Waals surface area (Å²) in [6.07, 6.45) is 65.9. The normalized spacial score (nSPS) is 12.9. The topological polar surface area (TPSA) is 61.8 Å². The molecule has 0 aromatic carbocycles. The molecule has 0 aromatic heterocycles. The van der Waals surface area contributed by atoms with Crippen molar-refractivity contribution >= 4 is 11.9 Å². The maximum atomic E-state index is 12.7. The largest absolute Gasteiger partial charge is 0.462 e.